The first-order chi connectivity index (χ1) is 8.41. The van der Waals surface area contributed by atoms with Crippen LogP contribution in [0.25, 0.3) is 0 Å². The Morgan fingerprint density at radius 2 is 1.16 bits per heavy atom. The molecule has 0 fully saturated rings. The third kappa shape index (κ3) is 45.0. The van der Waals surface area contributed by atoms with Gasteiger partial charge in [-0.2, -0.15) is 37.4 Å². The maximum absolute atomic E-state index is 3.64. The maximum atomic E-state index is 3.64. The molecule has 110 valence electrons. The second-order valence-electron chi connectivity index (χ2n) is 2.45. The Balaban J connectivity index is -0.0000000988. The van der Waals surface area contributed by atoms with E-state index >= 15 is 0 Å². The smallest absolute Gasteiger partial charge is 0 e. The monoisotopic (exact) mass is 450 g/mol. The van der Waals surface area contributed by atoms with Crippen LogP contribution in [0.3, 0.4) is 0 Å². The first-order valence-corrected chi connectivity index (χ1v) is 8.18. The molecule has 0 N–H and O–H groups in total. The van der Waals surface area contributed by atoms with Crippen molar-refractivity contribution >= 4 is 23.5 Å². The molecule has 0 aliphatic rings. The van der Waals surface area contributed by atoms with Crippen LogP contribution >= 0.6 is 23.5 Å². The molecule has 0 atom stereocenters. The quantitative estimate of drug-likeness (QED) is 0.327. The van der Waals surface area contributed by atoms with Crippen molar-refractivity contribution in [2.24, 2.45) is 0 Å². The molecule has 0 nitrogen and oxygen atoms in total. The summed E-state index contributed by atoms with van der Waals surface area (Å²) >= 11 is 3.94. The molecule has 0 aliphatic carbocycles. The van der Waals surface area contributed by atoms with Gasteiger partial charge in [-0.05, 0) is 17.9 Å². The van der Waals surface area contributed by atoms with E-state index in [4.69, 9.17) is 0 Å². The van der Waals surface area contributed by atoms with Gasteiger partial charge in [0.25, 0.3) is 0 Å². The Morgan fingerprint density at radius 1 is 0.842 bits per heavy atom. The summed E-state index contributed by atoms with van der Waals surface area (Å²) < 4.78 is 0. The molecule has 0 aliphatic heterocycles. The second-order valence-corrected chi connectivity index (χ2v) is 4.75. The van der Waals surface area contributed by atoms with Crippen LogP contribution < -0.4 is 0 Å². The van der Waals surface area contributed by atoms with Crippen LogP contribution in [0, 0.1) is 26.7 Å². The molecule has 0 saturated heterocycles. The van der Waals surface area contributed by atoms with E-state index in [1.165, 1.54) is 17.9 Å². The maximum Gasteiger partial charge on any atom is 0 e. The van der Waals surface area contributed by atoms with Crippen molar-refractivity contribution in [2.45, 2.75) is 20.3 Å². The SMILES string of the molecule is C=C[CH-]CSCCCSC[CH-]C=C.[CH2-]C.[CH2-]C.[Y].[Y]. The molecule has 0 unspecified atom stereocenters. The van der Waals surface area contributed by atoms with Gasteiger partial charge in [0.15, 0.2) is 0 Å². The molecule has 0 aromatic carbocycles. The molecule has 0 aromatic rings. The van der Waals surface area contributed by atoms with Gasteiger partial charge in [-0.1, -0.05) is 11.5 Å². The number of hydrogen-bond donors (Lipinski definition) is 0. The Bertz CT molecular complexity index is 117. The predicted molar refractivity (Wildman–Crippen MR) is 90.3 cm³/mol. The molecule has 19 heavy (non-hydrogen) atoms. The molecule has 0 heterocycles. The minimum Gasteiger partial charge on any atom is -0.346 e. The number of rotatable bonds is 10. The number of thioether (sulfide) groups is 2. The first-order valence-electron chi connectivity index (χ1n) is 5.87. The molecule has 0 rings (SSSR count). The van der Waals surface area contributed by atoms with Gasteiger partial charge < -0.3 is 13.8 Å². The van der Waals surface area contributed by atoms with Crippen LogP contribution in [0.5, 0.6) is 0 Å². The van der Waals surface area contributed by atoms with Crippen LogP contribution in [0.1, 0.15) is 20.3 Å². The summed E-state index contributed by atoms with van der Waals surface area (Å²) in [5.74, 6) is 4.72. The largest absolute Gasteiger partial charge is 0.346 e. The van der Waals surface area contributed by atoms with Gasteiger partial charge >= 0.3 is 0 Å². The Labute approximate surface area is 181 Å². The van der Waals surface area contributed by atoms with Crippen molar-refractivity contribution in [1.29, 1.82) is 0 Å². The molecular weight excluding hydrogens is 422 g/mol. The standard InChI is InChI=1S/C11H18S2.2C2H5.2Y/c1-3-5-8-12-10-7-11-13-9-6-4-2;2*1-2;;/h3-6H,1-2,7-11H2;2*1H2,2H3;;/q-2;2*-1;;. The fourth-order valence-corrected chi connectivity index (χ4v) is 2.46. The zero-order chi connectivity index (χ0) is 13.8. The van der Waals surface area contributed by atoms with Gasteiger partial charge in [0.2, 0.25) is 0 Å². The van der Waals surface area contributed by atoms with Crippen molar-refractivity contribution in [3.8, 4) is 0 Å². The fourth-order valence-electron chi connectivity index (χ4n) is 0.702. The summed E-state index contributed by atoms with van der Waals surface area (Å²) in [4.78, 5) is 0. The molecule has 0 amide bonds. The number of hydrogen-bond acceptors (Lipinski definition) is 2. The van der Waals surface area contributed by atoms with Gasteiger partial charge in [0.1, 0.15) is 0 Å². The van der Waals surface area contributed by atoms with E-state index in [1.54, 1.807) is 13.8 Å². The van der Waals surface area contributed by atoms with Gasteiger partial charge in [0.05, 0.1) is 0 Å². The van der Waals surface area contributed by atoms with Gasteiger partial charge in [-0.25, -0.2) is 38.2 Å². The van der Waals surface area contributed by atoms with Gasteiger partial charge in [-0.15, -0.1) is 0 Å². The molecule has 4 heteroatoms. The summed E-state index contributed by atoms with van der Waals surface area (Å²) in [5, 5.41) is 0. The van der Waals surface area contributed by atoms with Crippen LogP contribution in [-0.4, -0.2) is 23.0 Å². The van der Waals surface area contributed by atoms with Gasteiger partial charge in [-0.3, -0.25) is 0 Å². The number of allylic oxidation sites excluding steroid dienone is 2. The Morgan fingerprint density at radius 3 is 1.42 bits per heavy atom. The minimum atomic E-state index is 0. The Hall–Kier alpha value is 2.13. The van der Waals surface area contributed by atoms with E-state index in [0.29, 0.717) is 0 Å². The molecular formula is C15H28S2Y2-4. The average molecular weight is 450 g/mol. The van der Waals surface area contributed by atoms with E-state index in [0.717, 1.165) is 11.5 Å². The molecule has 0 bridgehead atoms. The van der Waals surface area contributed by atoms with Crippen molar-refractivity contribution in [2.75, 3.05) is 23.0 Å². The van der Waals surface area contributed by atoms with Crippen LogP contribution in [-0.2, 0) is 65.4 Å². The second kappa shape index (κ2) is 42.7. The van der Waals surface area contributed by atoms with E-state index in [9.17, 15) is 0 Å². The summed E-state index contributed by atoms with van der Waals surface area (Å²) in [6, 6.07) is 0. The van der Waals surface area contributed by atoms with E-state index < -0.39 is 0 Å². The zero-order valence-corrected chi connectivity index (χ0v) is 20.0. The third-order valence-electron chi connectivity index (χ3n) is 1.34. The van der Waals surface area contributed by atoms with E-state index in [-0.39, 0.29) is 65.4 Å². The first kappa shape index (κ1) is 32.9. The van der Waals surface area contributed by atoms with Crippen LogP contribution in [0.15, 0.2) is 25.3 Å². The average Bonchev–Trinajstić information content (AvgIpc) is 2.42. The van der Waals surface area contributed by atoms with Crippen LogP contribution in [0.4, 0.5) is 0 Å². The molecule has 0 spiro atoms. The third-order valence-corrected chi connectivity index (χ3v) is 3.35. The minimum absolute atomic E-state index is 0. The van der Waals surface area contributed by atoms with Crippen molar-refractivity contribution < 1.29 is 65.4 Å². The van der Waals surface area contributed by atoms with Crippen molar-refractivity contribution in [3.05, 3.63) is 52.0 Å². The predicted octanol–water partition coefficient (Wildman–Crippen LogP) is 5.30. The summed E-state index contributed by atoms with van der Waals surface area (Å²) in [7, 11) is 0. The normalized spacial score (nSPS) is 6.95. The van der Waals surface area contributed by atoms with Crippen molar-refractivity contribution in [3.63, 3.8) is 0 Å². The Kier molecular flexibility index (Phi) is 74.0. The van der Waals surface area contributed by atoms with E-state index in [1.807, 2.05) is 35.7 Å². The van der Waals surface area contributed by atoms with E-state index in [2.05, 4.69) is 39.8 Å². The molecule has 0 saturated carbocycles. The van der Waals surface area contributed by atoms with Gasteiger partial charge in [0, 0.05) is 65.4 Å². The molecule has 2 radical (unpaired) electrons. The van der Waals surface area contributed by atoms with Crippen LogP contribution in [0.2, 0.25) is 0 Å². The topological polar surface area (TPSA) is 0 Å². The fraction of sp³-hybridized carbons (Fsp3) is 0.467. The summed E-state index contributed by atoms with van der Waals surface area (Å²) in [6.45, 7) is 17.3. The molecule has 0 aromatic heterocycles. The zero-order valence-electron chi connectivity index (χ0n) is 12.6. The summed E-state index contributed by atoms with van der Waals surface area (Å²) in [5.41, 5.74) is 0. The summed E-state index contributed by atoms with van der Waals surface area (Å²) in [6.07, 6.45) is 9.22. The van der Waals surface area contributed by atoms with Crippen molar-refractivity contribution in [1.82, 2.24) is 0 Å².